The van der Waals surface area contributed by atoms with Gasteiger partial charge in [-0.25, -0.2) is 4.98 Å². The fourth-order valence-corrected chi connectivity index (χ4v) is 2.63. The molecule has 0 amide bonds. The van der Waals surface area contributed by atoms with Gasteiger partial charge in [-0.3, -0.25) is 0 Å². The maximum atomic E-state index is 5.53. The van der Waals surface area contributed by atoms with Crippen molar-refractivity contribution in [1.29, 1.82) is 0 Å². The van der Waals surface area contributed by atoms with Crippen LogP contribution in [0.5, 0.6) is 5.75 Å². The Morgan fingerprint density at radius 3 is 2.88 bits per heavy atom. The molecule has 2 aromatic rings. The van der Waals surface area contributed by atoms with Crippen molar-refractivity contribution in [3.63, 3.8) is 0 Å². The predicted molar refractivity (Wildman–Crippen MR) is 71.6 cm³/mol. The maximum Gasteiger partial charge on any atom is 0.123 e. The van der Waals surface area contributed by atoms with E-state index in [0.717, 1.165) is 28.3 Å². The second-order valence-corrected chi connectivity index (χ2v) is 4.97. The summed E-state index contributed by atoms with van der Waals surface area (Å²) < 4.78 is 5.25. The first kappa shape index (κ1) is 12.1. The Morgan fingerprint density at radius 1 is 1.41 bits per heavy atom. The molecule has 0 atom stereocenters. The molecule has 2 N–H and O–H groups in total. The predicted octanol–water partition coefficient (Wildman–Crippen LogP) is 2.63. The minimum absolute atomic E-state index is 0.670. The summed E-state index contributed by atoms with van der Waals surface area (Å²) in [6, 6.07) is 6.12. The lowest BCUT2D eigenvalue weighted by atomic mass is 10.1. The Kier molecular flexibility index (Phi) is 3.76. The second-order valence-electron chi connectivity index (χ2n) is 3.85. The molecule has 1 heterocycles. The summed E-state index contributed by atoms with van der Waals surface area (Å²) in [5.74, 6) is 0.910. The zero-order chi connectivity index (χ0) is 12.3. The van der Waals surface area contributed by atoms with Gasteiger partial charge in [0.1, 0.15) is 10.8 Å². The number of nitrogens with two attached hydrogens (primary N) is 1. The molecule has 0 unspecified atom stereocenters. The van der Waals surface area contributed by atoms with E-state index in [-0.39, 0.29) is 0 Å². The molecule has 0 fully saturated rings. The van der Waals surface area contributed by atoms with Gasteiger partial charge in [0.25, 0.3) is 0 Å². The van der Waals surface area contributed by atoms with Gasteiger partial charge < -0.3 is 10.5 Å². The number of aromatic nitrogens is 1. The van der Waals surface area contributed by atoms with Crippen molar-refractivity contribution >= 4 is 11.3 Å². The fourth-order valence-electron chi connectivity index (χ4n) is 1.71. The normalized spacial score (nSPS) is 10.5. The van der Waals surface area contributed by atoms with Gasteiger partial charge in [0.15, 0.2) is 0 Å². The van der Waals surface area contributed by atoms with Crippen LogP contribution in [0.1, 0.15) is 10.4 Å². The largest absolute Gasteiger partial charge is 0.496 e. The van der Waals surface area contributed by atoms with Gasteiger partial charge >= 0.3 is 0 Å². The summed E-state index contributed by atoms with van der Waals surface area (Å²) >= 11 is 1.70. The molecular formula is C13H16N2OS. The highest BCUT2D eigenvalue weighted by Crippen LogP contribution is 2.29. The Labute approximate surface area is 105 Å². The highest BCUT2D eigenvalue weighted by atomic mass is 32.1. The van der Waals surface area contributed by atoms with Crippen molar-refractivity contribution < 1.29 is 4.74 Å². The minimum Gasteiger partial charge on any atom is -0.496 e. The van der Waals surface area contributed by atoms with Gasteiger partial charge in [0.05, 0.1) is 7.11 Å². The number of hydrogen-bond acceptors (Lipinski definition) is 4. The highest BCUT2D eigenvalue weighted by Gasteiger charge is 2.06. The number of rotatable bonds is 4. The summed E-state index contributed by atoms with van der Waals surface area (Å²) in [6.45, 7) is 2.71. The molecule has 2 rings (SSSR count). The first-order valence-corrected chi connectivity index (χ1v) is 6.36. The van der Waals surface area contributed by atoms with E-state index in [9.17, 15) is 0 Å². The standard InChI is InChI=1S/C13H16N2OS/c1-9-7-10(3-4-12(9)16-2)13-15-8-11(17-13)5-6-14/h3-4,7-8H,5-6,14H2,1-2H3. The van der Waals surface area contributed by atoms with Crippen molar-refractivity contribution in [1.82, 2.24) is 4.98 Å². The van der Waals surface area contributed by atoms with E-state index >= 15 is 0 Å². The van der Waals surface area contributed by atoms with Crippen LogP contribution in [-0.4, -0.2) is 18.6 Å². The van der Waals surface area contributed by atoms with Crippen LogP contribution >= 0.6 is 11.3 Å². The zero-order valence-electron chi connectivity index (χ0n) is 10.1. The topological polar surface area (TPSA) is 48.1 Å². The lowest BCUT2D eigenvalue weighted by Crippen LogP contribution is -2.00. The maximum absolute atomic E-state index is 5.53. The lowest BCUT2D eigenvalue weighted by Gasteiger charge is -2.05. The van der Waals surface area contributed by atoms with Crippen molar-refractivity contribution in [2.45, 2.75) is 13.3 Å². The van der Waals surface area contributed by atoms with Crippen LogP contribution in [0.15, 0.2) is 24.4 Å². The first-order valence-electron chi connectivity index (χ1n) is 5.54. The molecular weight excluding hydrogens is 232 g/mol. The third-order valence-corrected chi connectivity index (χ3v) is 3.69. The summed E-state index contributed by atoms with van der Waals surface area (Å²) in [6.07, 6.45) is 2.80. The molecule has 0 bridgehead atoms. The number of benzene rings is 1. The van der Waals surface area contributed by atoms with E-state index < -0.39 is 0 Å². The van der Waals surface area contributed by atoms with Crippen LogP contribution in [0, 0.1) is 6.92 Å². The first-order chi connectivity index (χ1) is 8.24. The molecule has 0 aliphatic heterocycles. The zero-order valence-corrected chi connectivity index (χ0v) is 10.9. The Balaban J connectivity index is 2.29. The quantitative estimate of drug-likeness (QED) is 0.904. The molecule has 90 valence electrons. The van der Waals surface area contributed by atoms with E-state index in [0.29, 0.717) is 6.54 Å². The SMILES string of the molecule is COc1ccc(-c2ncc(CCN)s2)cc1C. The molecule has 0 aliphatic carbocycles. The van der Waals surface area contributed by atoms with E-state index in [4.69, 9.17) is 10.5 Å². The highest BCUT2D eigenvalue weighted by molar-refractivity contribution is 7.15. The van der Waals surface area contributed by atoms with Crippen molar-refractivity contribution in [3.05, 3.63) is 34.8 Å². The van der Waals surface area contributed by atoms with Gasteiger partial charge in [0, 0.05) is 16.6 Å². The van der Waals surface area contributed by atoms with Crippen LogP contribution in [0.3, 0.4) is 0 Å². The van der Waals surface area contributed by atoms with Gasteiger partial charge in [0.2, 0.25) is 0 Å². The Morgan fingerprint density at radius 2 is 2.24 bits per heavy atom. The van der Waals surface area contributed by atoms with Crippen LogP contribution < -0.4 is 10.5 Å². The lowest BCUT2D eigenvalue weighted by molar-refractivity contribution is 0.412. The third kappa shape index (κ3) is 2.65. The van der Waals surface area contributed by atoms with E-state index in [1.54, 1.807) is 18.4 Å². The average molecular weight is 248 g/mol. The monoisotopic (exact) mass is 248 g/mol. The van der Waals surface area contributed by atoms with E-state index in [1.807, 2.05) is 25.3 Å². The molecule has 1 aromatic carbocycles. The second kappa shape index (κ2) is 5.29. The number of hydrogen-bond donors (Lipinski definition) is 1. The van der Waals surface area contributed by atoms with Crippen LogP contribution in [0.25, 0.3) is 10.6 Å². The number of nitrogens with zero attached hydrogens (tertiary/aromatic N) is 1. The molecule has 0 saturated carbocycles. The van der Waals surface area contributed by atoms with Crippen molar-refractivity contribution in [3.8, 4) is 16.3 Å². The number of aryl methyl sites for hydroxylation is 1. The van der Waals surface area contributed by atoms with Crippen LogP contribution in [0.4, 0.5) is 0 Å². The molecule has 3 nitrogen and oxygen atoms in total. The molecule has 1 aromatic heterocycles. The third-order valence-electron chi connectivity index (χ3n) is 2.59. The number of ether oxygens (including phenoxy) is 1. The summed E-state index contributed by atoms with van der Waals surface area (Å²) in [7, 11) is 1.69. The summed E-state index contributed by atoms with van der Waals surface area (Å²) in [5, 5.41) is 1.04. The smallest absolute Gasteiger partial charge is 0.123 e. The molecule has 0 aliphatic rings. The number of methoxy groups -OCH3 is 1. The number of thiazole rings is 1. The molecule has 17 heavy (non-hydrogen) atoms. The Bertz CT molecular complexity index is 508. The van der Waals surface area contributed by atoms with Crippen molar-refractivity contribution in [2.24, 2.45) is 5.73 Å². The van der Waals surface area contributed by atoms with Crippen LogP contribution in [-0.2, 0) is 6.42 Å². The molecule has 4 heteroatoms. The van der Waals surface area contributed by atoms with Gasteiger partial charge in [-0.1, -0.05) is 0 Å². The average Bonchev–Trinajstić information content (AvgIpc) is 2.78. The van der Waals surface area contributed by atoms with Gasteiger partial charge in [-0.05, 0) is 43.7 Å². The van der Waals surface area contributed by atoms with Gasteiger partial charge in [-0.15, -0.1) is 11.3 Å². The Hall–Kier alpha value is -1.39. The van der Waals surface area contributed by atoms with Crippen LogP contribution in [0.2, 0.25) is 0 Å². The summed E-state index contributed by atoms with van der Waals surface area (Å²) in [4.78, 5) is 5.66. The summed E-state index contributed by atoms with van der Waals surface area (Å²) in [5.41, 5.74) is 7.79. The minimum atomic E-state index is 0.670. The van der Waals surface area contributed by atoms with E-state index in [1.165, 1.54) is 4.88 Å². The van der Waals surface area contributed by atoms with E-state index in [2.05, 4.69) is 11.1 Å². The molecule has 0 radical (unpaired) electrons. The van der Waals surface area contributed by atoms with Crippen molar-refractivity contribution in [2.75, 3.05) is 13.7 Å². The molecule has 0 spiro atoms. The van der Waals surface area contributed by atoms with Gasteiger partial charge in [-0.2, -0.15) is 0 Å². The molecule has 0 saturated heterocycles. The fraction of sp³-hybridized carbons (Fsp3) is 0.308.